The SMILES string of the molecule is CNC1N(c2ccc(OC)c(F)c2)C(N)N(C2CCCCCC2)C(N)N1C1CCN(C)CC1. The third-order valence-corrected chi connectivity index (χ3v) is 7.80. The van der Waals surface area contributed by atoms with Crippen molar-refractivity contribution >= 4 is 5.69 Å². The number of hydrogen-bond donors (Lipinski definition) is 3. The van der Waals surface area contributed by atoms with Gasteiger partial charge in [-0.2, -0.15) is 0 Å². The van der Waals surface area contributed by atoms with Crippen molar-refractivity contribution in [2.45, 2.75) is 82.3 Å². The van der Waals surface area contributed by atoms with E-state index in [4.69, 9.17) is 16.2 Å². The lowest BCUT2D eigenvalue weighted by atomic mass is 10.0. The number of methoxy groups -OCH3 is 1. The van der Waals surface area contributed by atoms with Gasteiger partial charge in [-0.3, -0.25) is 11.1 Å². The van der Waals surface area contributed by atoms with E-state index in [0.29, 0.717) is 12.1 Å². The summed E-state index contributed by atoms with van der Waals surface area (Å²) in [4.78, 5) is 9.13. The van der Waals surface area contributed by atoms with Crippen molar-refractivity contribution in [2.75, 3.05) is 39.2 Å². The maximum atomic E-state index is 14.8. The second-order valence-electron chi connectivity index (χ2n) is 9.79. The molecule has 33 heavy (non-hydrogen) atoms. The van der Waals surface area contributed by atoms with E-state index in [-0.39, 0.29) is 18.3 Å². The van der Waals surface area contributed by atoms with Gasteiger partial charge < -0.3 is 20.3 Å². The van der Waals surface area contributed by atoms with Crippen LogP contribution < -0.4 is 26.4 Å². The molecule has 0 amide bonds. The van der Waals surface area contributed by atoms with Gasteiger partial charge in [0.05, 0.1) is 7.11 Å². The molecule has 4 rings (SSSR count). The number of nitrogens with two attached hydrogens (primary N) is 2. The van der Waals surface area contributed by atoms with E-state index in [1.54, 1.807) is 6.07 Å². The topological polar surface area (TPSA) is 86.3 Å². The van der Waals surface area contributed by atoms with Crippen molar-refractivity contribution in [3.63, 3.8) is 0 Å². The predicted molar refractivity (Wildman–Crippen MR) is 130 cm³/mol. The number of rotatable bonds is 5. The normalized spacial score (nSPS) is 29.9. The van der Waals surface area contributed by atoms with E-state index in [2.05, 4.69) is 32.0 Å². The average molecular weight is 464 g/mol. The highest BCUT2D eigenvalue weighted by atomic mass is 19.1. The first kappa shape index (κ1) is 24.6. The zero-order chi connectivity index (χ0) is 23.5. The van der Waals surface area contributed by atoms with Crippen molar-refractivity contribution in [3.8, 4) is 5.75 Å². The molecule has 186 valence electrons. The van der Waals surface area contributed by atoms with E-state index in [1.165, 1.54) is 38.9 Å². The largest absolute Gasteiger partial charge is 0.494 e. The second kappa shape index (κ2) is 10.8. The minimum absolute atomic E-state index is 0.231. The fraction of sp³-hybridized carbons (Fsp3) is 0.750. The van der Waals surface area contributed by atoms with E-state index in [9.17, 15) is 4.39 Å². The van der Waals surface area contributed by atoms with Crippen LogP contribution in [0.5, 0.6) is 5.75 Å². The molecular formula is C24H42FN7O. The fourth-order valence-electron chi connectivity index (χ4n) is 5.98. The van der Waals surface area contributed by atoms with E-state index in [1.807, 2.05) is 13.1 Å². The first-order valence-electron chi connectivity index (χ1n) is 12.5. The Morgan fingerprint density at radius 2 is 1.58 bits per heavy atom. The lowest BCUT2D eigenvalue weighted by Gasteiger charge is -2.60. The van der Waals surface area contributed by atoms with Crippen LogP contribution in [0.4, 0.5) is 10.1 Å². The summed E-state index contributed by atoms with van der Waals surface area (Å²) >= 11 is 0. The van der Waals surface area contributed by atoms with Crippen LogP contribution in [-0.4, -0.2) is 79.9 Å². The van der Waals surface area contributed by atoms with Crippen molar-refractivity contribution < 1.29 is 9.13 Å². The van der Waals surface area contributed by atoms with Gasteiger partial charge in [0.1, 0.15) is 18.9 Å². The third-order valence-electron chi connectivity index (χ3n) is 7.80. The first-order chi connectivity index (χ1) is 16.0. The van der Waals surface area contributed by atoms with Crippen LogP contribution in [-0.2, 0) is 0 Å². The fourth-order valence-corrected chi connectivity index (χ4v) is 5.98. The number of ether oxygens (including phenoxy) is 1. The van der Waals surface area contributed by atoms with Gasteiger partial charge in [-0.1, -0.05) is 25.7 Å². The molecule has 2 heterocycles. The highest BCUT2D eigenvalue weighted by molar-refractivity contribution is 5.51. The molecule has 0 radical (unpaired) electrons. The maximum Gasteiger partial charge on any atom is 0.167 e. The summed E-state index contributed by atoms with van der Waals surface area (Å²) in [5, 5.41) is 3.45. The molecule has 2 aliphatic heterocycles. The Bertz CT molecular complexity index is 767. The third kappa shape index (κ3) is 4.99. The molecule has 0 bridgehead atoms. The van der Waals surface area contributed by atoms with Gasteiger partial charge >= 0.3 is 0 Å². The van der Waals surface area contributed by atoms with Gasteiger partial charge in [0.2, 0.25) is 0 Å². The molecule has 0 aromatic heterocycles. The zero-order valence-electron chi connectivity index (χ0n) is 20.4. The lowest BCUT2D eigenvalue weighted by molar-refractivity contribution is -0.120. The molecule has 3 fully saturated rings. The minimum Gasteiger partial charge on any atom is -0.494 e. The molecule has 0 spiro atoms. The van der Waals surface area contributed by atoms with Crippen LogP contribution in [0.3, 0.4) is 0 Å². The molecule has 5 N–H and O–H groups in total. The molecule has 1 saturated carbocycles. The van der Waals surface area contributed by atoms with Crippen LogP contribution in [0.1, 0.15) is 51.4 Å². The quantitative estimate of drug-likeness (QED) is 0.572. The van der Waals surface area contributed by atoms with Crippen molar-refractivity contribution in [3.05, 3.63) is 24.0 Å². The molecule has 3 atom stereocenters. The van der Waals surface area contributed by atoms with E-state index >= 15 is 0 Å². The standard InChI is InChI=1S/C24H42FN7O/c1-28-24-31(18-12-14-29(2)15-13-18)22(26)30(17-8-6-4-5-7-9-17)23(27)32(24)19-10-11-21(33-3)20(25)16-19/h10-11,16-18,22-24,28H,4-9,12-15,26-27H2,1-3H3. The zero-order valence-corrected chi connectivity index (χ0v) is 20.4. The Morgan fingerprint density at radius 3 is 2.15 bits per heavy atom. The summed E-state index contributed by atoms with van der Waals surface area (Å²) in [5.41, 5.74) is 14.7. The average Bonchev–Trinajstić information content (AvgIpc) is 3.09. The van der Waals surface area contributed by atoms with Crippen molar-refractivity contribution in [1.82, 2.24) is 20.0 Å². The first-order valence-corrected chi connectivity index (χ1v) is 12.5. The van der Waals surface area contributed by atoms with E-state index < -0.39 is 12.1 Å². The highest BCUT2D eigenvalue weighted by Crippen LogP contribution is 2.36. The smallest absolute Gasteiger partial charge is 0.167 e. The highest BCUT2D eigenvalue weighted by Gasteiger charge is 2.48. The van der Waals surface area contributed by atoms with Gasteiger partial charge in [-0.15, -0.1) is 0 Å². The Balaban J connectivity index is 1.73. The number of benzene rings is 1. The molecule has 2 saturated heterocycles. The predicted octanol–water partition coefficient (Wildman–Crippen LogP) is 2.06. The molecule has 8 nitrogen and oxygen atoms in total. The minimum atomic E-state index is -0.462. The number of anilines is 1. The number of piperidine rings is 1. The molecule has 3 aliphatic rings. The summed E-state index contributed by atoms with van der Waals surface area (Å²) in [6.45, 7) is 2.08. The summed E-state index contributed by atoms with van der Waals surface area (Å²) in [7, 11) is 5.58. The van der Waals surface area contributed by atoms with Gasteiger partial charge in [0.15, 0.2) is 11.6 Å². The van der Waals surface area contributed by atoms with Crippen LogP contribution in [0.25, 0.3) is 0 Å². The number of nitrogens with zero attached hydrogens (tertiary/aromatic N) is 4. The van der Waals surface area contributed by atoms with Crippen molar-refractivity contribution in [1.29, 1.82) is 0 Å². The van der Waals surface area contributed by atoms with Crippen LogP contribution in [0, 0.1) is 5.82 Å². The summed E-state index contributed by atoms with van der Waals surface area (Å²) in [5.74, 6) is -0.159. The Hall–Kier alpha value is -1.49. The van der Waals surface area contributed by atoms with Gasteiger partial charge in [-0.25, -0.2) is 14.2 Å². The van der Waals surface area contributed by atoms with Gasteiger partial charge in [0.25, 0.3) is 0 Å². The number of hydrogen-bond acceptors (Lipinski definition) is 8. The van der Waals surface area contributed by atoms with E-state index in [0.717, 1.165) is 44.5 Å². The monoisotopic (exact) mass is 463 g/mol. The summed E-state index contributed by atoms with van der Waals surface area (Å²) in [6.07, 6.45) is 8.20. The number of nitrogens with one attached hydrogen (secondary N) is 1. The molecule has 1 aromatic rings. The summed E-state index contributed by atoms with van der Waals surface area (Å²) in [6, 6.07) is 5.72. The molecule has 1 aliphatic carbocycles. The molecule has 1 aromatic carbocycles. The Labute approximate surface area is 198 Å². The Kier molecular flexibility index (Phi) is 8.09. The Morgan fingerprint density at radius 1 is 0.939 bits per heavy atom. The summed E-state index contributed by atoms with van der Waals surface area (Å²) < 4.78 is 19.9. The molecule has 9 heteroatoms. The van der Waals surface area contributed by atoms with Crippen LogP contribution >= 0.6 is 0 Å². The lowest BCUT2D eigenvalue weighted by Crippen LogP contribution is -2.81. The van der Waals surface area contributed by atoms with Gasteiger partial charge in [-0.05, 0) is 65.0 Å². The number of halogens is 1. The molecular weight excluding hydrogens is 421 g/mol. The van der Waals surface area contributed by atoms with Crippen LogP contribution in [0.2, 0.25) is 0 Å². The van der Waals surface area contributed by atoms with Gasteiger partial charge in [0, 0.05) is 23.8 Å². The van der Waals surface area contributed by atoms with Crippen LogP contribution in [0.15, 0.2) is 18.2 Å². The van der Waals surface area contributed by atoms with Crippen molar-refractivity contribution in [2.24, 2.45) is 11.5 Å². The molecule has 3 unspecified atom stereocenters. The number of likely N-dealkylation sites (tertiary alicyclic amines) is 1. The maximum absolute atomic E-state index is 14.8. The second-order valence-corrected chi connectivity index (χ2v) is 9.79.